The lowest BCUT2D eigenvalue weighted by Crippen LogP contribution is -2.33. The third-order valence-corrected chi connectivity index (χ3v) is 3.33. The molecule has 0 bridgehead atoms. The molecule has 0 spiro atoms. The van der Waals surface area contributed by atoms with E-state index in [4.69, 9.17) is 4.74 Å². The molecule has 0 amide bonds. The summed E-state index contributed by atoms with van der Waals surface area (Å²) in [4.78, 5) is 15.8. The molecule has 1 atom stereocenters. The molecular formula is C15H20N4O4. The van der Waals surface area contributed by atoms with Gasteiger partial charge in [-0.15, -0.1) is 0 Å². The summed E-state index contributed by atoms with van der Waals surface area (Å²) >= 11 is 0. The number of ether oxygens (including phenoxy) is 1. The van der Waals surface area contributed by atoms with E-state index in [1.807, 2.05) is 30.3 Å². The average Bonchev–Trinajstić information content (AvgIpc) is 2.90. The average molecular weight is 320 g/mol. The Balaban J connectivity index is 1.86. The lowest BCUT2D eigenvalue weighted by atomic mass is 10.2. The fraction of sp³-hybridized carbons (Fsp3) is 0.400. The van der Waals surface area contributed by atoms with Gasteiger partial charge in [0.15, 0.2) is 0 Å². The molecule has 0 aliphatic heterocycles. The minimum Gasteiger partial charge on any atom is -0.389 e. The molecule has 1 aromatic carbocycles. The summed E-state index contributed by atoms with van der Waals surface area (Å²) in [5.41, 5.74) is 1.02. The molecule has 1 heterocycles. The Morgan fingerprint density at radius 2 is 2.13 bits per heavy atom. The second-order valence-electron chi connectivity index (χ2n) is 5.29. The number of aromatic nitrogens is 2. The minimum absolute atomic E-state index is 0.144. The van der Waals surface area contributed by atoms with E-state index in [1.165, 1.54) is 6.33 Å². The number of likely N-dealkylation sites (N-methyl/N-ethyl adjacent to an activating group) is 1. The van der Waals surface area contributed by atoms with E-state index in [2.05, 4.69) is 4.98 Å². The lowest BCUT2D eigenvalue weighted by molar-refractivity contribution is -0.388. The predicted molar refractivity (Wildman–Crippen MR) is 85.2 cm³/mol. The van der Waals surface area contributed by atoms with E-state index in [-0.39, 0.29) is 19.0 Å². The zero-order chi connectivity index (χ0) is 16.8. The van der Waals surface area contributed by atoms with Gasteiger partial charge >= 0.3 is 5.82 Å². The second kappa shape index (κ2) is 7.70. The van der Waals surface area contributed by atoms with E-state index >= 15 is 0 Å². The van der Waals surface area contributed by atoms with Crippen molar-refractivity contribution in [2.24, 2.45) is 7.05 Å². The maximum Gasteiger partial charge on any atom is 0.406 e. The Labute approximate surface area is 134 Å². The third kappa shape index (κ3) is 4.51. The number of aliphatic hydroxyl groups excluding tert-OH is 1. The number of imidazole rings is 1. The number of aliphatic hydroxyl groups is 1. The maximum absolute atomic E-state index is 11.0. The molecule has 0 aliphatic carbocycles. The number of anilines is 1. The highest BCUT2D eigenvalue weighted by molar-refractivity contribution is 5.54. The van der Waals surface area contributed by atoms with Gasteiger partial charge in [-0.25, -0.2) is 0 Å². The van der Waals surface area contributed by atoms with Crippen LogP contribution in [-0.4, -0.2) is 45.9 Å². The Morgan fingerprint density at radius 1 is 1.43 bits per heavy atom. The van der Waals surface area contributed by atoms with Gasteiger partial charge < -0.3 is 24.9 Å². The normalized spacial score (nSPS) is 12.1. The van der Waals surface area contributed by atoms with Crippen LogP contribution >= 0.6 is 0 Å². The van der Waals surface area contributed by atoms with Gasteiger partial charge in [-0.1, -0.05) is 30.3 Å². The fourth-order valence-electron chi connectivity index (χ4n) is 2.32. The highest BCUT2D eigenvalue weighted by atomic mass is 16.6. The Morgan fingerprint density at radius 3 is 2.78 bits per heavy atom. The first-order chi connectivity index (χ1) is 11.0. The van der Waals surface area contributed by atoms with Crippen LogP contribution in [0.25, 0.3) is 0 Å². The van der Waals surface area contributed by atoms with Crippen LogP contribution in [0.4, 0.5) is 11.6 Å². The van der Waals surface area contributed by atoms with Crippen molar-refractivity contribution in [3.05, 3.63) is 52.3 Å². The first-order valence-corrected chi connectivity index (χ1v) is 7.15. The Kier molecular flexibility index (Phi) is 5.67. The molecule has 0 fully saturated rings. The van der Waals surface area contributed by atoms with Crippen molar-refractivity contribution in [1.82, 2.24) is 9.55 Å². The number of aryl methyl sites for hydroxylation is 1. The molecule has 1 N–H and O–H groups in total. The van der Waals surface area contributed by atoms with Crippen molar-refractivity contribution >= 4 is 11.6 Å². The van der Waals surface area contributed by atoms with Gasteiger partial charge in [0.1, 0.15) is 0 Å². The molecule has 0 aliphatic rings. The number of hydrogen-bond acceptors (Lipinski definition) is 6. The molecule has 0 saturated heterocycles. The number of hydrogen-bond donors (Lipinski definition) is 1. The summed E-state index contributed by atoms with van der Waals surface area (Å²) in [6.07, 6.45) is 0.612. The summed E-state index contributed by atoms with van der Waals surface area (Å²) in [6.45, 7) is 0.757. The zero-order valence-corrected chi connectivity index (χ0v) is 13.1. The molecule has 2 aromatic rings. The van der Waals surface area contributed by atoms with Crippen molar-refractivity contribution in [2.45, 2.75) is 12.7 Å². The molecular weight excluding hydrogens is 300 g/mol. The quantitative estimate of drug-likeness (QED) is 0.583. The summed E-state index contributed by atoms with van der Waals surface area (Å²) < 4.78 is 7.03. The monoisotopic (exact) mass is 320 g/mol. The van der Waals surface area contributed by atoms with Crippen LogP contribution in [0.5, 0.6) is 0 Å². The highest BCUT2D eigenvalue weighted by Crippen LogP contribution is 2.24. The number of nitrogens with zero attached hydrogens (tertiary/aromatic N) is 4. The maximum atomic E-state index is 11.0. The summed E-state index contributed by atoms with van der Waals surface area (Å²) in [5.74, 6) is 0.115. The highest BCUT2D eigenvalue weighted by Gasteiger charge is 2.24. The van der Waals surface area contributed by atoms with Gasteiger partial charge in [-0.2, -0.15) is 0 Å². The van der Waals surface area contributed by atoms with E-state index in [0.717, 1.165) is 5.56 Å². The standard InChI is InChI=1S/C15H20N4O4/c1-17(15-14(19(21)22)16-11-18(15)2)8-13(20)10-23-9-12-6-4-3-5-7-12/h3-7,11,13,20H,8-10H2,1-2H3/t13-/m1/s1. The fourth-order valence-corrected chi connectivity index (χ4v) is 2.32. The Bertz CT molecular complexity index is 644. The van der Waals surface area contributed by atoms with Gasteiger partial charge in [-0.3, -0.25) is 4.57 Å². The molecule has 8 nitrogen and oxygen atoms in total. The molecule has 0 radical (unpaired) electrons. The summed E-state index contributed by atoms with van der Waals surface area (Å²) in [5, 5.41) is 21.0. The van der Waals surface area contributed by atoms with E-state index in [9.17, 15) is 15.2 Å². The van der Waals surface area contributed by atoms with Gasteiger partial charge in [-0.05, 0) is 15.5 Å². The minimum atomic E-state index is -0.766. The van der Waals surface area contributed by atoms with E-state index in [1.54, 1.807) is 23.6 Å². The molecule has 0 saturated carbocycles. The smallest absolute Gasteiger partial charge is 0.389 e. The van der Waals surface area contributed by atoms with Gasteiger partial charge in [0.2, 0.25) is 12.1 Å². The third-order valence-electron chi connectivity index (χ3n) is 3.33. The second-order valence-corrected chi connectivity index (χ2v) is 5.29. The Hall–Kier alpha value is -2.45. The lowest BCUT2D eigenvalue weighted by Gasteiger charge is -2.21. The first-order valence-electron chi connectivity index (χ1n) is 7.15. The topological polar surface area (TPSA) is 93.7 Å². The van der Waals surface area contributed by atoms with Gasteiger partial charge in [0, 0.05) is 20.6 Å². The number of benzene rings is 1. The van der Waals surface area contributed by atoms with Crippen molar-refractivity contribution in [1.29, 1.82) is 0 Å². The summed E-state index contributed by atoms with van der Waals surface area (Å²) in [6, 6.07) is 9.65. The van der Waals surface area contributed by atoms with E-state index in [0.29, 0.717) is 12.4 Å². The molecule has 124 valence electrons. The molecule has 0 unspecified atom stereocenters. The largest absolute Gasteiger partial charge is 0.406 e. The SMILES string of the molecule is CN(C[C@@H](O)COCc1ccccc1)c1c([N+](=O)[O-])ncn1C. The van der Waals surface area contributed by atoms with Crippen molar-refractivity contribution in [3.8, 4) is 0 Å². The molecule has 23 heavy (non-hydrogen) atoms. The van der Waals surface area contributed by atoms with Crippen LogP contribution in [0.15, 0.2) is 36.7 Å². The predicted octanol–water partition coefficient (Wildman–Crippen LogP) is 1.34. The first kappa shape index (κ1) is 16.9. The number of nitro groups is 1. The van der Waals surface area contributed by atoms with Crippen LogP contribution < -0.4 is 4.90 Å². The van der Waals surface area contributed by atoms with Crippen LogP contribution in [0.1, 0.15) is 5.56 Å². The van der Waals surface area contributed by atoms with Crippen molar-refractivity contribution < 1.29 is 14.8 Å². The molecule has 1 aromatic heterocycles. The van der Waals surface area contributed by atoms with Gasteiger partial charge in [0.05, 0.1) is 19.3 Å². The van der Waals surface area contributed by atoms with Crippen molar-refractivity contribution in [3.63, 3.8) is 0 Å². The molecule has 8 heteroatoms. The van der Waals surface area contributed by atoms with Crippen LogP contribution in [0.3, 0.4) is 0 Å². The number of rotatable bonds is 8. The van der Waals surface area contributed by atoms with E-state index < -0.39 is 11.0 Å². The van der Waals surface area contributed by atoms with Crippen LogP contribution in [0.2, 0.25) is 0 Å². The molecule has 2 rings (SSSR count). The van der Waals surface area contributed by atoms with Crippen LogP contribution in [-0.2, 0) is 18.4 Å². The van der Waals surface area contributed by atoms with Gasteiger partial charge in [0.25, 0.3) is 0 Å². The summed E-state index contributed by atoms with van der Waals surface area (Å²) in [7, 11) is 3.34. The zero-order valence-electron chi connectivity index (χ0n) is 13.1. The van der Waals surface area contributed by atoms with Crippen LogP contribution in [0, 0.1) is 10.1 Å². The van der Waals surface area contributed by atoms with Crippen molar-refractivity contribution in [2.75, 3.05) is 25.1 Å².